The number of hydrogen-bond donors (Lipinski definition) is 1. The van der Waals surface area contributed by atoms with E-state index in [1.54, 1.807) is 16.7 Å². The van der Waals surface area contributed by atoms with Crippen LogP contribution in [0.3, 0.4) is 0 Å². The number of amides is 1. The second-order valence-corrected chi connectivity index (χ2v) is 8.45. The summed E-state index contributed by atoms with van der Waals surface area (Å²) in [5.41, 5.74) is 0.816. The highest BCUT2D eigenvalue weighted by molar-refractivity contribution is 7.89. The third-order valence-electron chi connectivity index (χ3n) is 4.78. The molecule has 0 aliphatic carbocycles. The minimum absolute atomic E-state index is 0.0450. The summed E-state index contributed by atoms with van der Waals surface area (Å²) in [5, 5.41) is 2.88. The summed E-state index contributed by atoms with van der Waals surface area (Å²) in [5.74, 6) is -0.654. The van der Waals surface area contributed by atoms with Gasteiger partial charge in [-0.15, -0.1) is 0 Å². The first-order chi connectivity index (χ1) is 12.9. The molecule has 0 spiro atoms. The van der Waals surface area contributed by atoms with E-state index in [4.69, 9.17) is 0 Å². The molecule has 1 aliphatic rings. The van der Waals surface area contributed by atoms with Gasteiger partial charge in [-0.1, -0.05) is 12.1 Å². The van der Waals surface area contributed by atoms with Crippen molar-refractivity contribution in [2.75, 3.05) is 13.1 Å². The molecule has 1 amide bonds. The fourth-order valence-electron chi connectivity index (χ4n) is 3.07. The number of carbonyl (C=O) groups is 1. The van der Waals surface area contributed by atoms with Gasteiger partial charge in [0.2, 0.25) is 5.91 Å². The van der Waals surface area contributed by atoms with Crippen LogP contribution in [-0.4, -0.2) is 41.3 Å². The molecule has 0 unspecified atom stereocenters. The number of piperidine rings is 1. The van der Waals surface area contributed by atoms with Crippen molar-refractivity contribution < 1.29 is 17.6 Å². The topological polar surface area (TPSA) is 84.3 Å². The molecule has 1 aromatic carbocycles. The monoisotopic (exact) mass is 394 g/mol. The van der Waals surface area contributed by atoms with Crippen molar-refractivity contribution in [2.45, 2.75) is 37.9 Å². The molecular formula is C18H23FN4O3S. The number of rotatable bonds is 6. The molecule has 0 radical (unpaired) electrons. The standard InChI is InChI=1S/C18H23FN4O3S/c1-2-22-12-17(21-13-22)27(25,26)23-9-7-15(8-10-23)18(24)20-11-14-3-5-16(19)6-4-14/h3-6,12-13,15H,2,7-11H2,1H3,(H,20,24). The highest BCUT2D eigenvalue weighted by Crippen LogP contribution is 2.23. The normalized spacial score (nSPS) is 16.4. The maximum absolute atomic E-state index is 12.9. The lowest BCUT2D eigenvalue weighted by atomic mass is 9.97. The molecular weight excluding hydrogens is 371 g/mol. The van der Waals surface area contributed by atoms with Gasteiger partial charge in [-0.25, -0.2) is 17.8 Å². The van der Waals surface area contributed by atoms with E-state index >= 15 is 0 Å². The fraction of sp³-hybridized carbons (Fsp3) is 0.444. The largest absolute Gasteiger partial charge is 0.352 e. The first-order valence-corrected chi connectivity index (χ1v) is 10.4. The second-order valence-electron chi connectivity index (χ2n) is 6.56. The molecule has 0 saturated carbocycles. The Balaban J connectivity index is 1.53. The fourth-order valence-corrected chi connectivity index (χ4v) is 4.48. The van der Waals surface area contributed by atoms with Gasteiger partial charge < -0.3 is 9.88 Å². The average molecular weight is 394 g/mol. The van der Waals surface area contributed by atoms with Gasteiger partial charge in [-0.2, -0.15) is 4.31 Å². The number of nitrogens with zero attached hydrogens (tertiary/aromatic N) is 3. The van der Waals surface area contributed by atoms with Crippen molar-refractivity contribution in [2.24, 2.45) is 5.92 Å². The molecule has 1 aromatic heterocycles. The molecule has 3 rings (SSSR count). The minimum atomic E-state index is -3.63. The van der Waals surface area contributed by atoms with Gasteiger partial charge in [0.05, 0.1) is 6.33 Å². The quantitative estimate of drug-likeness (QED) is 0.809. The van der Waals surface area contributed by atoms with E-state index < -0.39 is 10.0 Å². The minimum Gasteiger partial charge on any atom is -0.352 e. The van der Waals surface area contributed by atoms with E-state index in [1.807, 2.05) is 6.92 Å². The van der Waals surface area contributed by atoms with Crippen molar-refractivity contribution in [1.82, 2.24) is 19.2 Å². The Morgan fingerprint density at radius 2 is 1.93 bits per heavy atom. The third-order valence-corrected chi connectivity index (χ3v) is 6.57. The lowest BCUT2D eigenvalue weighted by Crippen LogP contribution is -2.42. The second kappa shape index (κ2) is 8.18. The van der Waals surface area contributed by atoms with Crippen molar-refractivity contribution in [3.63, 3.8) is 0 Å². The van der Waals surface area contributed by atoms with E-state index in [2.05, 4.69) is 10.3 Å². The SMILES string of the molecule is CCn1cnc(S(=O)(=O)N2CCC(C(=O)NCc3ccc(F)cc3)CC2)c1. The number of imidazole rings is 1. The molecule has 1 fully saturated rings. The van der Waals surface area contributed by atoms with Gasteiger partial charge >= 0.3 is 0 Å². The molecule has 27 heavy (non-hydrogen) atoms. The molecule has 2 heterocycles. The van der Waals surface area contributed by atoms with Crippen LogP contribution in [0.1, 0.15) is 25.3 Å². The van der Waals surface area contributed by atoms with Gasteiger partial charge in [-0.05, 0) is 37.5 Å². The number of sulfonamides is 1. The Hall–Kier alpha value is -2.26. The molecule has 9 heteroatoms. The summed E-state index contributed by atoms with van der Waals surface area (Å²) in [4.78, 5) is 16.3. The smallest absolute Gasteiger partial charge is 0.262 e. The molecule has 2 aromatic rings. The van der Waals surface area contributed by atoms with Crippen LogP contribution in [0, 0.1) is 11.7 Å². The molecule has 7 nitrogen and oxygen atoms in total. The lowest BCUT2D eigenvalue weighted by Gasteiger charge is -2.29. The first kappa shape index (κ1) is 19.5. The van der Waals surface area contributed by atoms with Crippen LogP contribution in [0.15, 0.2) is 41.8 Å². The van der Waals surface area contributed by atoms with Crippen LogP contribution < -0.4 is 5.32 Å². The van der Waals surface area contributed by atoms with Crippen LogP contribution in [-0.2, 0) is 27.9 Å². The van der Waals surface area contributed by atoms with E-state index in [0.717, 1.165) is 5.56 Å². The van der Waals surface area contributed by atoms with Gasteiger partial charge in [0.1, 0.15) is 5.82 Å². The summed E-state index contributed by atoms with van der Waals surface area (Å²) >= 11 is 0. The molecule has 0 atom stereocenters. The van der Waals surface area contributed by atoms with Crippen LogP contribution in [0.5, 0.6) is 0 Å². The maximum atomic E-state index is 12.9. The summed E-state index contributed by atoms with van der Waals surface area (Å²) in [6.07, 6.45) is 3.95. The summed E-state index contributed by atoms with van der Waals surface area (Å²) in [6.45, 7) is 3.46. The molecule has 1 aliphatic heterocycles. The first-order valence-electron chi connectivity index (χ1n) is 8.94. The number of benzene rings is 1. The lowest BCUT2D eigenvalue weighted by molar-refractivity contribution is -0.126. The van der Waals surface area contributed by atoms with Gasteiger partial charge in [-0.3, -0.25) is 4.79 Å². The van der Waals surface area contributed by atoms with Gasteiger partial charge in [0.15, 0.2) is 5.03 Å². The molecule has 0 bridgehead atoms. The van der Waals surface area contributed by atoms with Crippen molar-refractivity contribution in [3.8, 4) is 0 Å². The average Bonchev–Trinajstić information content (AvgIpc) is 3.17. The number of carbonyl (C=O) groups excluding carboxylic acids is 1. The van der Waals surface area contributed by atoms with E-state index in [9.17, 15) is 17.6 Å². The molecule has 1 saturated heterocycles. The molecule has 146 valence electrons. The molecule has 1 N–H and O–H groups in total. The highest BCUT2D eigenvalue weighted by Gasteiger charge is 2.33. The Labute approximate surface area is 158 Å². The van der Waals surface area contributed by atoms with Gasteiger partial charge in [0.25, 0.3) is 10.0 Å². The van der Waals surface area contributed by atoms with Crippen LogP contribution >= 0.6 is 0 Å². The Bertz CT molecular complexity index is 888. The van der Waals surface area contributed by atoms with Crippen molar-refractivity contribution in [1.29, 1.82) is 0 Å². The number of aryl methyl sites for hydroxylation is 1. The van der Waals surface area contributed by atoms with Crippen molar-refractivity contribution >= 4 is 15.9 Å². The summed E-state index contributed by atoms with van der Waals surface area (Å²) < 4.78 is 41.3. The van der Waals surface area contributed by atoms with Crippen LogP contribution in [0.4, 0.5) is 4.39 Å². The number of aromatic nitrogens is 2. The Morgan fingerprint density at radius 3 is 2.52 bits per heavy atom. The van der Waals surface area contributed by atoms with E-state index in [1.165, 1.54) is 29.0 Å². The van der Waals surface area contributed by atoms with Crippen LogP contribution in [0.25, 0.3) is 0 Å². The zero-order valence-corrected chi connectivity index (χ0v) is 16.0. The number of nitrogens with one attached hydrogen (secondary N) is 1. The Morgan fingerprint density at radius 1 is 1.26 bits per heavy atom. The zero-order valence-electron chi connectivity index (χ0n) is 15.1. The van der Waals surface area contributed by atoms with Crippen LogP contribution in [0.2, 0.25) is 0 Å². The predicted molar refractivity (Wildman–Crippen MR) is 97.6 cm³/mol. The highest BCUT2D eigenvalue weighted by atomic mass is 32.2. The summed E-state index contributed by atoms with van der Waals surface area (Å²) in [7, 11) is -3.63. The van der Waals surface area contributed by atoms with E-state index in [-0.39, 0.29) is 35.8 Å². The number of hydrogen-bond acceptors (Lipinski definition) is 4. The maximum Gasteiger partial charge on any atom is 0.262 e. The zero-order chi connectivity index (χ0) is 19.4. The third kappa shape index (κ3) is 4.54. The summed E-state index contributed by atoms with van der Waals surface area (Å²) in [6, 6.07) is 5.95. The number of halogens is 1. The van der Waals surface area contributed by atoms with E-state index in [0.29, 0.717) is 25.9 Å². The Kier molecular flexibility index (Phi) is 5.91. The predicted octanol–water partition coefficient (Wildman–Crippen LogP) is 1.76. The van der Waals surface area contributed by atoms with Crippen molar-refractivity contribution in [3.05, 3.63) is 48.2 Å². The van der Waals surface area contributed by atoms with Gasteiger partial charge in [0, 0.05) is 38.3 Å².